The van der Waals surface area contributed by atoms with Crippen LogP contribution in [0.25, 0.3) is 0 Å². The van der Waals surface area contributed by atoms with E-state index < -0.39 is 0 Å². The van der Waals surface area contributed by atoms with Crippen LogP contribution >= 0.6 is 23.2 Å². The minimum atomic E-state index is 0.478. The molecule has 0 saturated heterocycles. The maximum atomic E-state index is 5.90. The van der Waals surface area contributed by atoms with E-state index in [1.54, 1.807) is 6.07 Å². The van der Waals surface area contributed by atoms with Crippen molar-refractivity contribution >= 4 is 29.0 Å². The smallest absolute Gasteiger partial charge is 0.131 e. The average molecular weight is 293 g/mol. The van der Waals surface area contributed by atoms with E-state index >= 15 is 0 Å². The minimum absolute atomic E-state index is 0.478. The Kier molecular flexibility index (Phi) is 3.63. The molecule has 98 valence electrons. The third-order valence-corrected chi connectivity index (χ3v) is 4.01. The number of pyridine rings is 1. The topological polar surface area (TPSA) is 24.9 Å². The standard InChI is InChI=1S/C15H14Cl2N2/c16-12-6-4-10(5-7-12)11-8-13(9-11)18-15-3-1-2-14(17)19-15/h1-7,11,13H,8-9H2,(H,18,19). The van der Waals surface area contributed by atoms with Crippen molar-refractivity contribution < 1.29 is 0 Å². The first-order valence-electron chi connectivity index (χ1n) is 6.35. The highest BCUT2D eigenvalue weighted by molar-refractivity contribution is 6.30. The van der Waals surface area contributed by atoms with Gasteiger partial charge in [0.1, 0.15) is 11.0 Å². The third-order valence-electron chi connectivity index (χ3n) is 3.55. The SMILES string of the molecule is Clc1ccc(C2CC(Nc3cccc(Cl)n3)C2)cc1. The second-order valence-corrected chi connectivity index (χ2v) is 5.73. The van der Waals surface area contributed by atoms with E-state index in [9.17, 15) is 0 Å². The van der Waals surface area contributed by atoms with Gasteiger partial charge in [0.15, 0.2) is 0 Å². The molecule has 3 rings (SSSR count). The maximum Gasteiger partial charge on any atom is 0.131 e. The van der Waals surface area contributed by atoms with Gasteiger partial charge < -0.3 is 5.32 Å². The van der Waals surface area contributed by atoms with Crippen LogP contribution in [0.4, 0.5) is 5.82 Å². The molecule has 2 aromatic rings. The number of halogens is 2. The van der Waals surface area contributed by atoms with E-state index in [0.717, 1.165) is 23.7 Å². The van der Waals surface area contributed by atoms with Gasteiger partial charge in [-0.1, -0.05) is 41.4 Å². The van der Waals surface area contributed by atoms with Crippen LogP contribution in [0.15, 0.2) is 42.5 Å². The average Bonchev–Trinajstić information content (AvgIpc) is 2.35. The van der Waals surface area contributed by atoms with Gasteiger partial charge in [0.05, 0.1) is 0 Å². The fourth-order valence-electron chi connectivity index (χ4n) is 2.44. The van der Waals surface area contributed by atoms with E-state index in [1.165, 1.54) is 5.56 Å². The molecule has 1 heterocycles. The largest absolute Gasteiger partial charge is 0.367 e. The second-order valence-electron chi connectivity index (χ2n) is 4.91. The van der Waals surface area contributed by atoms with Crippen molar-refractivity contribution in [2.24, 2.45) is 0 Å². The summed E-state index contributed by atoms with van der Waals surface area (Å²) in [6.07, 6.45) is 2.24. The predicted octanol–water partition coefficient (Wildman–Crippen LogP) is 4.75. The molecule has 0 atom stereocenters. The molecule has 4 heteroatoms. The van der Waals surface area contributed by atoms with Crippen LogP contribution < -0.4 is 5.32 Å². The molecule has 0 radical (unpaired) electrons. The van der Waals surface area contributed by atoms with Gasteiger partial charge in [-0.05, 0) is 48.6 Å². The summed E-state index contributed by atoms with van der Waals surface area (Å²) in [5.41, 5.74) is 1.36. The first-order chi connectivity index (χ1) is 9.20. The number of hydrogen-bond donors (Lipinski definition) is 1. The number of rotatable bonds is 3. The summed E-state index contributed by atoms with van der Waals surface area (Å²) < 4.78 is 0. The highest BCUT2D eigenvalue weighted by Gasteiger charge is 2.30. The zero-order valence-electron chi connectivity index (χ0n) is 10.3. The van der Waals surface area contributed by atoms with Gasteiger partial charge in [-0.3, -0.25) is 0 Å². The van der Waals surface area contributed by atoms with Crippen molar-refractivity contribution in [2.75, 3.05) is 5.32 Å². The lowest BCUT2D eigenvalue weighted by atomic mass is 9.76. The Labute approximate surface area is 122 Å². The normalized spacial score (nSPS) is 21.8. The molecule has 1 N–H and O–H groups in total. The van der Waals surface area contributed by atoms with E-state index in [4.69, 9.17) is 23.2 Å². The van der Waals surface area contributed by atoms with Crippen LogP contribution in [0.1, 0.15) is 24.3 Å². The molecule has 0 spiro atoms. The Morgan fingerprint density at radius 3 is 2.42 bits per heavy atom. The Balaban J connectivity index is 1.57. The number of nitrogens with zero attached hydrogens (tertiary/aromatic N) is 1. The van der Waals surface area contributed by atoms with Crippen molar-refractivity contribution in [3.63, 3.8) is 0 Å². The first-order valence-corrected chi connectivity index (χ1v) is 7.11. The highest BCUT2D eigenvalue weighted by Crippen LogP contribution is 2.38. The highest BCUT2D eigenvalue weighted by atomic mass is 35.5. The molecule has 0 amide bonds. The molecule has 1 aliphatic carbocycles. The lowest BCUT2D eigenvalue weighted by Gasteiger charge is -2.36. The van der Waals surface area contributed by atoms with Crippen LogP contribution in [-0.2, 0) is 0 Å². The summed E-state index contributed by atoms with van der Waals surface area (Å²) in [4.78, 5) is 4.24. The molecule has 0 aliphatic heterocycles. The van der Waals surface area contributed by atoms with Crippen LogP contribution in [0.3, 0.4) is 0 Å². The van der Waals surface area contributed by atoms with Gasteiger partial charge >= 0.3 is 0 Å². The zero-order valence-corrected chi connectivity index (χ0v) is 11.8. The lowest BCUT2D eigenvalue weighted by Crippen LogP contribution is -2.34. The van der Waals surface area contributed by atoms with Crippen molar-refractivity contribution in [3.05, 3.63) is 58.2 Å². The quantitative estimate of drug-likeness (QED) is 0.826. The van der Waals surface area contributed by atoms with Gasteiger partial charge in [-0.2, -0.15) is 0 Å². The third kappa shape index (κ3) is 3.02. The van der Waals surface area contributed by atoms with Crippen LogP contribution in [0.2, 0.25) is 10.2 Å². The molecule has 1 saturated carbocycles. The molecule has 0 unspecified atom stereocenters. The van der Waals surface area contributed by atoms with Crippen LogP contribution in [-0.4, -0.2) is 11.0 Å². The van der Waals surface area contributed by atoms with E-state index in [2.05, 4.69) is 22.4 Å². The molecule has 2 nitrogen and oxygen atoms in total. The van der Waals surface area contributed by atoms with Gasteiger partial charge in [0, 0.05) is 11.1 Å². The summed E-state index contributed by atoms with van der Waals surface area (Å²) >= 11 is 11.8. The number of anilines is 1. The Hall–Kier alpha value is -1.25. The van der Waals surface area contributed by atoms with Crippen molar-refractivity contribution in [2.45, 2.75) is 24.8 Å². The zero-order chi connectivity index (χ0) is 13.2. The molecule has 1 aliphatic rings. The molecule has 1 aromatic heterocycles. The van der Waals surface area contributed by atoms with Crippen LogP contribution in [0.5, 0.6) is 0 Å². The summed E-state index contributed by atoms with van der Waals surface area (Å²) in [5.74, 6) is 1.47. The fourth-order valence-corrected chi connectivity index (χ4v) is 2.73. The molecule has 0 bridgehead atoms. The number of benzene rings is 1. The van der Waals surface area contributed by atoms with Crippen molar-refractivity contribution in [1.82, 2.24) is 4.98 Å². The summed E-state index contributed by atoms with van der Waals surface area (Å²) in [6.45, 7) is 0. The Morgan fingerprint density at radius 1 is 1.00 bits per heavy atom. The molecule has 1 aromatic carbocycles. The Bertz CT molecular complexity index is 563. The number of hydrogen-bond acceptors (Lipinski definition) is 2. The first kappa shape index (κ1) is 12.8. The predicted molar refractivity (Wildman–Crippen MR) is 80.1 cm³/mol. The molecule has 1 fully saturated rings. The maximum absolute atomic E-state index is 5.90. The van der Waals surface area contributed by atoms with E-state index in [0.29, 0.717) is 17.1 Å². The van der Waals surface area contributed by atoms with Crippen molar-refractivity contribution in [1.29, 1.82) is 0 Å². The molecular formula is C15H14Cl2N2. The second kappa shape index (κ2) is 5.40. The Morgan fingerprint density at radius 2 is 1.74 bits per heavy atom. The van der Waals surface area contributed by atoms with E-state index in [1.807, 2.05) is 24.3 Å². The molecule has 19 heavy (non-hydrogen) atoms. The number of aromatic nitrogens is 1. The fraction of sp³-hybridized carbons (Fsp3) is 0.267. The monoisotopic (exact) mass is 292 g/mol. The number of nitrogens with one attached hydrogen (secondary N) is 1. The van der Waals surface area contributed by atoms with E-state index in [-0.39, 0.29) is 0 Å². The lowest BCUT2D eigenvalue weighted by molar-refractivity contribution is 0.373. The summed E-state index contributed by atoms with van der Waals surface area (Å²) in [7, 11) is 0. The molecular weight excluding hydrogens is 279 g/mol. The van der Waals surface area contributed by atoms with Gasteiger partial charge in [-0.25, -0.2) is 4.98 Å². The summed E-state index contributed by atoms with van der Waals surface area (Å²) in [5, 5.41) is 4.73. The van der Waals surface area contributed by atoms with Gasteiger partial charge in [0.2, 0.25) is 0 Å². The van der Waals surface area contributed by atoms with Gasteiger partial charge in [-0.15, -0.1) is 0 Å². The minimum Gasteiger partial charge on any atom is -0.367 e. The van der Waals surface area contributed by atoms with Gasteiger partial charge in [0.25, 0.3) is 0 Å². The summed E-state index contributed by atoms with van der Waals surface area (Å²) in [6, 6.07) is 14.2. The van der Waals surface area contributed by atoms with Crippen LogP contribution in [0, 0.1) is 0 Å². The van der Waals surface area contributed by atoms with Crippen molar-refractivity contribution in [3.8, 4) is 0 Å².